The Bertz CT molecular complexity index is 1220. The van der Waals surface area contributed by atoms with Crippen LogP contribution in [0.15, 0.2) is 90.1 Å². The van der Waals surface area contributed by atoms with E-state index in [4.69, 9.17) is 4.74 Å². The molecule has 0 fully saturated rings. The van der Waals surface area contributed by atoms with Gasteiger partial charge in [-0.25, -0.2) is 0 Å². The van der Waals surface area contributed by atoms with Crippen molar-refractivity contribution in [1.82, 2.24) is 14.8 Å². The minimum absolute atomic E-state index is 0.0200. The van der Waals surface area contributed by atoms with Crippen LogP contribution >= 0.6 is 11.8 Å². The number of aromatic nitrogens is 3. The lowest BCUT2D eigenvalue weighted by atomic mass is 10.2. The molecule has 0 spiro atoms. The van der Waals surface area contributed by atoms with Gasteiger partial charge in [0.25, 0.3) is 0 Å². The average molecular weight is 497 g/mol. The third-order valence-electron chi connectivity index (χ3n) is 4.78. The maximum atomic E-state index is 12.5. The van der Waals surface area contributed by atoms with Crippen molar-refractivity contribution in [2.24, 2.45) is 0 Å². The van der Waals surface area contributed by atoms with E-state index in [1.807, 2.05) is 65.2 Å². The topological polar surface area (TPSA) is 78.3 Å². The van der Waals surface area contributed by atoms with Crippen molar-refractivity contribution in [2.45, 2.75) is 24.9 Å². The molecule has 180 valence electrons. The van der Waals surface area contributed by atoms with Gasteiger partial charge in [-0.05, 0) is 42.0 Å². The van der Waals surface area contributed by atoms with Gasteiger partial charge in [-0.1, -0.05) is 60.3 Å². The quantitative estimate of drug-likeness (QED) is 0.286. The van der Waals surface area contributed by atoms with Crippen molar-refractivity contribution in [3.8, 4) is 11.5 Å². The molecule has 0 bridgehead atoms. The summed E-state index contributed by atoms with van der Waals surface area (Å²) in [5.74, 6) is 1.19. The second-order valence-corrected chi connectivity index (χ2v) is 8.25. The van der Waals surface area contributed by atoms with Crippen molar-refractivity contribution < 1.29 is 23.0 Å². The smallest absolute Gasteiger partial charge is 0.387 e. The van der Waals surface area contributed by atoms with Crippen molar-refractivity contribution in [2.75, 3.05) is 11.1 Å². The molecule has 7 nitrogen and oxygen atoms in total. The second kappa shape index (κ2) is 12.0. The molecule has 10 heteroatoms. The number of thioether (sulfide) groups is 1. The number of rotatable bonds is 11. The number of anilines is 1. The fraction of sp³-hybridized carbons (Fsp3) is 0.160. The first kappa shape index (κ1) is 24.2. The first-order chi connectivity index (χ1) is 17.1. The van der Waals surface area contributed by atoms with Gasteiger partial charge in [0.05, 0.1) is 12.3 Å². The number of ether oxygens (including phenoxy) is 2. The van der Waals surface area contributed by atoms with Crippen LogP contribution in [0, 0.1) is 0 Å². The molecule has 0 aliphatic carbocycles. The Morgan fingerprint density at radius 2 is 1.60 bits per heavy atom. The van der Waals surface area contributed by atoms with Gasteiger partial charge in [0.2, 0.25) is 5.91 Å². The summed E-state index contributed by atoms with van der Waals surface area (Å²) in [5, 5.41) is 11.9. The van der Waals surface area contributed by atoms with Crippen LogP contribution in [-0.2, 0) is 17.9 Å². The first-order valence-corrected chi connectivity index (χ1v) is 11.7. The fourth-order valence-corrected chi connectivity index (χ4v) is 3.93. The van der Waals surface area contributed by atoms with Gasteiger partial charge in [0, 0.05) is 5.69 Å². The molecule has 1 heterocycles. The monoisotopic (exact) mass is 496 g/mol. The Labute approximate surface area is 205 Å². The highest BCUT2D eigenvalue weighted by molar-refractivity contribution is 7.99. The highest BCUT2D eigenvalue weighted by Gasteiger charge is 2.16. The van der Waals surface area contributed by atoms with Gasteiger partial charge < -0.3 is 14.8 Å². The molecule has 3 aromatic carbocycles. The Balaban J connectivity index is 1.41. The van der Waals surface area contributed by atoms with Crippen molar-refractivity contribution in [1.29, 1.82) is 0 Å². The van der Waals surface area contributed by atoms with Crippen LogP contribution in [0.2, 0.25) is 0 Å². The summed E-state index contributed by atoms with van der Waals surface area (Å²) in [6, 6.07) is 25.0. The molecular formula is C25H22F2N4O3S. The van der Waals surface area contributed by atoms with E-state index in [0.717, 1.165) is 11.3 Å². The van der Waals surface area contributed by atoms with Crippen LogP contribution in [-0.4, -0.2) is 33.0 Å². The maximum absolute atomic E-state index is 12.5. The largest absolute Gasteiger partial charge is 0.486 e. The standard InChI is InChI=1S/C25H22F2N4O3S/c26-24(27)34-21-13-11-19(12-14-21)28-23(32)17-35-25-30-29-22(16-33-20-9-5-2-6-10-20)31(25)15-18-7-3-1-4-8-18/h1-14,24H,15-17H2,(H,28,32). The Morgan fingerprint density at radius 1 is 0.914 bits per heavy atom. The zero-order valence-corrected chi connectivity index (χ0v) is 19.3. The second-order valence-electron chi connectivity index (χ2n) is 7.31. The zero-order chi connectivity index (χ0) is 24.5. The number of nitrogens with one attached hydrogen (secondary N) is 1. The minimum Gasteiger partial charge on any atom is -0.486 e. The molecular weight excluding hydrogens is 474 g/mol. The number of carbonyl (C=O) groups is 1. The molecule has 4 rings (SSSR count). The molecule has 0 atom stereocenters. The van der Waals surface area contributed by atoms with E-state index >= 15 is 0 Å². The zero-order valence-electron chi connectivity index (χ0n) is 18.5. The van der Waals surface area contributed by atoms with Crippen LogP contribution in [0.5, 0.6) is 11.5 Å². The predicted octanol–water partition coefficient (Wildman–Crippen LogP) is 5.24. The minimum atomic E-state index is -2.90. The molecule has 4 aromatic rings. The third-order valence-corrected chi connectivity index (χ3v) is 5.75. The number of nitrogens with zero attached hydrogens (tertiary/aromatic N) is 3. The maximum Gasteiger partial charge on any atom is 0.387 e. The summed E-state index contributed by atoms with van der Waals surface area (Å²) in [4.78, 5) is 12.5. The predicted molar refractivity (Wildman–Crippen MR) is 129 cm³/mol. The molecule has 0 aliphatic rings. The summed E-state index contributed by atoms with van der Waals surface area (Å²) in [7, 11) is 0. The lowest BCUT2D eigenvalue weighted by Gasteiger charge is -2.11. The van der Waals surface area contributed by atoms with Crippen molar-refractivity contribution >= 4 is 23.4 Å². The van der Waals surface area contributed by atoms with E-state index in [0.29, 0.717) is 23.2 Å². The number of carbonyl (C=O) groups excluding carboxylic acids is 1. The van der Waals surface area contributed by atoms with Gasteiger partial charge in [-0.15, -0.1) is 10.2 Å². The number of hydrogen-bond acceptors (Lipinski definition) is 6. The molecule has 0 saturated heterocycles. The summed E-state index contributed by atoms with van der Waals surface area (Å²) in [6.07, 6.45) is 0. The van der Waals surface area contributed by atoms with Gasteiger partial charge >= 0.3 is 6.61 Å². The lowest BCUT2D eigenvalue weighted by Crippen LogP contribution is -2.15. The van der Waals surface area contributed by atoms with E-state index in [-0.39, 0.29) is 24.0 Å². The number of hydrogen-bond donors (Lipinski definition) is 1. The molecule has 1 aromatic heterocycles. The van der Waals surface area contributed by atoms with E-state index in [1.165, 1.54) is 36.0 Å². The van der Waals surface area contributed by atoms with Gasteiger partial charge in [0.1, 0.15) is 18.1 Å². The third kappa shape index (κ3) is 7.28. The Kier molecular flexibility index (Phi) is 8.29. The van der Waals surface area contributed by atoms with E-state index in [1.54, 1.807) is 0 Å². The number of para-hydroxylation sites is 1. The molecule has 0 unspecified atom stereocenters. The van der Waals surface area contributed by atoms with Crippen molar-refractivity contribution in [3.05, 3.63) is 96.3 Å². The Hall–Kier alpha value is -3.92. The first-order valence-electron chi connectivity index (χ1n) is 10.7. The van der Waals surface area contributed by atoms with Crippen LogP contribution in [0.3, 0.4) is 0 Å². The van der Waals surface area contributed by atoms with Crippen LogP contribution in [0.1, 0.15) is 11.4 Å². The summed E-state index contributed by atoms with van der Waals surface area (Å²) in [6.45, 7) is -2.15. The van der Waals surface area contributed by atoms with Crippen LogP contribution in [0.25, 0.3) is 0 Å². The normalized spacial score (nSPS) is 10.8. The molecule has 0 radical (unpaired) electrons. The fourth-order valence-electron chi connectivity index (χ4n) is 3.17. The lowest BCUT2D eigenvalue weighted by molar-refractivity contribution is -0.113. The van der Waals surface area contributed by atoms with Gasteiger partial charge in [0.15, 0.2) is 11.0 Å². The van der Waals surface area contributed by atoms with Crippen molar-refractivity contribution in [3.63, 3.8) is 0 Å². The van der Waals surface area contributed by atoms with Crippen LogP contribution < -0.4 is 14.8 Å². The number of halogens is 2. The average Bonchev–Trinajstić information content (AvgIpc) is 3.25. The van der Waals surface area contributed by atoms with E-state index < -0.39 is 6.61 Å². The molecule has 0 aliphatic heterocycles. The number of alkyl halides is 2. The van der Waals surface area contributed by atoms with Crippen LogP contribution in [0.4, 0.5) is 14.5 Å². The van der Waals surface area contributed by atoms with E-state index in [2.05, 4.69) is 20.3 Å². The summed E-state index contributed by atoms with van der Waals surface area (Å²) >= 11 is 1.25. The summed E-state index contributed by atoms with van der Waals surface area (Å²) < 4.78 is 36.7. The molecule has 0 saturated carbocycles. The van der Waals surface area contributed by atoms with Gasteiger partial charge in [-0.2, -0.15) is 8.78 Å². The molecule has 35 heavy (non-hydrogen) atoms. The highest BCUT2D eigenvalue weighted by atomic mass is 32.2. The van der Waals surface area contributed by atoms with Gasteiger partial charge in [-0.3, -0.25) is 9.36 Å². The summed E-state index contributed by atoms with van der Waals surface area (Å²) in [5.41, 5.74) is 1.53. The molecule has 1 amide bonds. The number of amides is 1. The SMILES string of the molecule is O=C(CSc1nnc(COc2ccccc2)n1Cc1ccccc1)Nc1ccc(OC(F)F)cc1. The van der Waals surface area contributed by atoms with E-state index in [9.17, 15) is 13.6 Å². The Morgan fingerprint density at radius 3 is 2.29 bits per heavy atom. The molecule has 1 N–H and O–H groups in total. The number of benzene rings is 3. The highest BCUT2D eigenvalue weighted by Crippen LogP contribution is 2.22.